The van der Waals surface area contributed by atoms with E-state index in [1.165, 1.54) is 5.56 Å². The van der Waals surface area contributed by atoms with Gasteiger partial charge in [-0.15, -0.1) is 0 Å². The number of rotatable bonds is 3. The van der Waals surface area contributed by atoms with Crippen molar-refractivity contribution in [1.82, 2.24) is 20.1 Å². The van der Waals surface area contributed by atoms with Crippen LogP contribution in [-0.4, -0.2) is 39.2 Å². The predicted octanol–water partition coefficient (Wildman–Crippen LogP) is 4.06. The van der Waals surface area contributed by atoms with Gasteiger partial charge in [0.15, 0.2) is 5.82 Å². The third kappa shape index (κ3) is 3.15. The van der Waals surface area contributed by atoms with Crippen LogP contribution in [-0.2, 0) is 0 Å². The Hall–Kier alpha value is -2.86. The van der Waals surface area contributed by atoms with Gasteiger partial charge >= 0.3 is 6.03 Å². The van der Waals surface area contributed by atoms with Crippen molar-refractivity contribution in [2.24, 2.45) is 0 Å². The zero-order valence-corrected chi connectivity index (χ0v) is 15.0. The molecule has 0 aliphatic carbocycles. The topological polar surface area (TPSA) is 73.9 Å². The number of anilines is 1. The number of pyridine rings is 1. The number of nitrogens with one attached hydrogen (secondary N) is 2. The first-order valence-corrected chi connectivity index (χ1v) is 8.76. The maximum absolute atomic E-state index is 12.5. The second-order valence-corrected chi connectivity index (χ2v) is 6.83. The molecule has 1 aliphatic heterocycles. The van der Waals surface area contributed by atoms with E-state index in [9.17, 15) is 4.79 Å². The van der Waals surface area contributed by atoms with E-state index in [0.717, 1.165) is 21.8 Å². The summed E-state index contributed by atoms with van der Waals surface area (Å²) in [5.41, 5.74) is 3.97. The first-order chi connectivity index (χ1) is 12.6. The summed E-state index contributed by atoms with van der Waals surface area (Å²) in [7, 11) is 0. The van der Waals surface area contributed by atoms with Crippen LogP contribution < -0.4 is 5.32 Å². The minimum absolute atomic E-state index is 0.133. The number of halogens is 1. The molecule has 132 valence electrons. The molecular formula is C19H18ClN5O. The maximum Gasteiger partial charge on any atom is 0.323 e. The highest BCUT2D eigenvalue weighted by Gasteiger charge is 2.32. The van der Waals surface area contributed by atoms with Crippen LogP contribution in [0.3, 0.4) is 0 Å². The van der Waals surface area contributed by atoms with Crippen molar-refractivity contribution in [3.8, 4) is 11.3 Å². The number of carbonyl (C=O) groups excluding carboxylic acids is 1. The van der Waals surface area contributed by atoms with Crippen molar-refractivity contribution < 1.29 is 4.79 Å². The maximum atomic E-state index is 12.5. The second-order valence-electron chi connectivity index (χ2n) is 6.39. The van der Waals surface area contributed by atoms with Crippen molar-refractivity contribution in [3.05, 3.63) is 64.9 Å². The average Bonchev–Trinajstić information content (AvgIpc) is 2.97. The van der Waals surface area contributed by atoms with E-state index >= 15 is 0 Å². The third-order valence-corrected chi connectivity index (χ3v) is 4.97. The molecule has 0 radical (unpaired) electrons. The van der Waals surface area contributed by atoms with Crippen LogP contribution in [0.4, 0.5) is 10.6 Å². The number of amides is 2. The smallest absolute Gasteiger partial charge is 0.323 e. The van der Waals surface area contributed by atoms with E-state index in [2.05, 4.69) is 20.5 Å². The monoisotopic (exact) mass is 367 g/mol. The zero-order chi connectivity index (χ0) is 18.1. The molecule has 26 heavy (non-hydrogen) atoms. The molecule has 7 heteroatoms. The minimum atomic E-state index is -0.133. The van der Waals surface area contributed by atoms with Crippen LogP contribution in [0.25, 0.3) is 11.3 Å². The fraction of sp³-hybridized carbons (Fsp3) is 0.211. The Bertz CT molecular complexity index is 917. The van der Waals surface area contributed by atoms with Gasteiger partial charge in [0.25, 0.3) is 0 Å². The van der Waals surface area contributed by atoms with Crippen LogP contribution >= 0.6 is 11.6 Å². The highest BCUT2D eigenvalue weighted by Crippen LogP contribution is 2.29. The first kappa shape index (κ1) is 16.6. The molecule has 1 fully saturated rings. The number of aromatic amines is 1. The normalized spacial score (nSPS) is 14.2. The van der Waals surface area contributed by atoms with Gasteiger partial charge in [0.2, 0.25) is 0 Å². The molecule has 0 spiro atoms. The fourth-order valence-corrected chi connectivity index (χ4v) is 3.22. The quantitative estimate of drug-likeness (QED) is 0.733. The number of likely N-dealkylation sites (tertiary alicyclic amines) is 1. The Labute approximate surface area is 156 Å². The van der Waals surface area contributed by atoms with E-state index in [-0.39, 0.29) is 6.03 Å². The number of aromatic nitrogens is 3. The summed E-state index contributed by atoms with van der Waals surface area (Å²) < 4.78 is 0. The molecule has 1 aromatic carbocycles. The molecule has 1 saturated heterocycles. The third-order valence-electron chi connectivity index (χ3n) is 4.71. The van der Waals surface area contributed by atoms with Crippen molar-refractivity contribution in [2.75, 3.05) is 18.4 Å². The number of urea groups is 1. The molecule has 0 unspecified atom stereocenters. The number of nitrogens with zero attached hydrogens (tertiary/aromatic N) is 3. The molecule has 0 bridgehead atoms. The number of carbonyl (C=O) groups is 1. The average molecular weight is 368 g/mol. The lowest BCUT2D eigenvalue weighted by Crippen LogP contribution is -2.50. The summed E-state index contributed by atoms with van der Waals surface area (Å²) in [6.45, 7) is 3.31. The van der Waals surface area contributed by atoms with Crippen LogP contribution in [0, 0.1) is 6.92 Å². The molecule has 6 nitrogen and oxygen atoms in total. The molecule has 3 aromatic rings. The lowest BCUT2D eigenvalue weighted by molar-refractivity contribution is 0.164. The second kappa shape index (κ2) is 6.80. The Kier molecular flexibility index (Phi) is 4.34. The van der Waals surface area contributed by atoms with Crippen LogP contribution in [0.2, 0.25) is 5.02 Å². The molecular weight excluding hydrogens is 350 g/mol. The lowest BCUT2D eigenvalue weighted by Gasteiger charge is -2.39. The molecule has 2 amide bonds. The fourth-order valence-electron chi connectivity index (χ4n) is 3.09. The molecule has 3 heterocycles. The van der Waals surface area contributed by atoms with E-state index in [4.69, 9.17) is 11.6 Å². The van der Waals surface area contributed by atoms with Gasteiger partial charge in [-0.1, -0.05) is 23.7 Å². The van der Waals surface area contributed by atoms with Crippen molar-refractivity contribution >= 4 is 23.4 Å². The summed E-state index contributed by atoms with van der Waals surface area (Å²) in [6.07, 6.45) is 3.45. The summed E-state index contributed by atoms with van der Waals surface area (Å²) in [5, 5.41) is 10.8. The van der Waals surface area contributed by atoms with Gasteiger partial charge in [-0.05, 0) is 36.8 Å². The van der Waals surface area contributed by atoms with Crippen molar-refractivity contribution in [2.45, 2.75) is 12.8 Å². The van der Waals surface area contributed by atoms with E-state index in [1.54, 1.807) is 17.3 Å². The molecule has 2 aromatic heterocycles. The number of benzene rings is 1. The van der Waals surface area contributed by atoms with Gasteiger partial charge in [0.05, 0.1) is 5.69 Å². The number of H-pyrrole nitrogens is 1. The van der Waals surface area contributed by atoms with Crippen molar-refractivity contribution in [1.29, 1.82) is 0 Å². The predicted molar refractivity (Wildman–Crippen MR) is 101 cm³/mol. The standard InChI is InChI=1S/C19H18ClN5O/c1-12-17(14-6-8-21-9-7-14)23-24-18(12)22-19(26)25-10-15(11-25)13-2-4-16(20)5-3-13/h2-9,15H,10-11H2,1H3,(H2,22,23,24,26). The Morgan fingerprint density at radius 1 is 1.19 bits per heavy atom. The van der Waals surface area contributed by atoms with Gasteiger partial charge < -0.3 is 4.90 Å². The summed E-state index contributed by atoms with van der Waals surface area (Å²) >= 11 is 5.92. The first-order valence-electron chi connectivity index (χ1n) is 8.38. The Morgan fingerprint density at radius 3 is 2.58 bits per heavy atom. The SMILES string of the molecule is Cc1c(NC(=O)N2CC(c3ccc(Cl)cc3)C2)n[nH]c1-c1ccncc1. The van der Waals surface area contributed by atoms with Crippen LogP contribution in [0.5, 0.6) is 0 Å². The Morgan fingerprint density at radius 2 is 1.88 bits per heavy atom. The van der Waals surface area contributed by atoms with Gasteiger partial charge in [-0.2, -0.15) is 5.10 Å². The molecule has 1 aliphatic rings. The van der Waals surface area contributed by atoms with Gasteiger partial charge in [0.1, 0.15) is 0 Å². The number of hydrogen-bond acceptors (Lipinski definition) is 3. The van der Waals surface area contributed by atoms with Gasteiger partial charge in [-0.25, -0.2) is 4.79 Å². The molecule has 2 N–H and O–H groups in total. The summed E-state index contributed by atoms with van der Waals surface area (Å²) in [6, 6.07) is 11.5. The van der Waals surface area contributed by atoms with Crippen molar-refractivity contribution in [3.63, 3.8) is 0 Å². The number of hydrogen-bond donors (Lipinski definition) is 2. The van der Waals surface area contributed by atoms with Gasteiger partial charge in [-0.3, -0.25) is 15.4 Å². The summed E-state index contributed by atoms with van der Waals surface area (Å²) in [5.74, 6) is 0.905. The zero-order valence-electron chi connectivity index (χ0n) is 14.2. The van der Waals surface area contributed by atoms with Gasteiger partial charge in [0, 0.05) is 47.6 Å². The van der Waals surface area contributed by atoms with Crippen LogP contribution in [0.1, 0.15) is 17.0 Å². The van der Waals surface area contributed by atoms with E-state index in [1.807, 2.05) is 43.3 Å². The molecule has 4 rings (SSSR count). The molecule has 0 atom stereocenters. The van der Waals surface area contributed by atoms with E-state index in [0.29, 0.717) is 24.8 Å². The highest BCUT2D eigenvalue weighted by molar-refractivity contribution is 6.30. The summed E-state index contributed by atoms with van der Waals surface area (Å²) in [4.78, 5) is 18.2. The van der Waals surface area contributed by atoms with E-state index < -0.39 is 0 Å². The van der Waals surface area contributed by atoms with Crippen LogP contribution in [0.15, 0.2) is 48.8 Å². The largest absolute Gasteiger partial charge is 0.323 e. The lowest BCUT2D eigenvalue weighted by atomic mass is 9.92. The Balaban J connectivity index is 1.39. The molecule has 0 saturated carbocycles. The highest BCUT2D eigenvalue weighted by atomic mass is 35.5. The minimum Gasteiger partial charge on any atom is -0.323 e.